The zero-order valence-electron chi connectivity index (χ0n) is 22.7. The maximum Gasteiger partial charge on any atom is 0.342 e. The number of hydrogen-bond donors (Lipinski definition) is 1. The van der Waals surface area contributed by atoms with Crippen molar-refractivity contribution in [3.05, 3.63) is 94.5 Å². The lowest BCUT2D eigenvalue weighted by molar-refractivity contribution is -0.131. The van der Waals surface area contributed by atoms with Crippen molar-refractivity contribution in [3.8, 4) is 29.0 Å². The Hall–Kier alpha value is -5.01. The molecule has 0 fully saturated rings. The summed E-state index contributed by atoms with van der Waals surface area (Å²) in [6.07, 6.45) is 3.62. The topological polar surface area (TPSA) is 115 Å². The van der Waals surface area contributed by atoms with Gasteiger partial charge >= 0.3 is 5.97 Å². The Labute approximate surface area is 241 Å². The minimum absolute atomic E-state index is 0.114. The van der Waals surface area contributed by atoms with Crippen LogP contribution in [0.3, 0.4) is 0 Å². The van der Waals surface area contributed by atoms with E-state index in [9.17, 15) is 9.90 Å². The van der Waals surface area contributed by atoms with Gasteiger partial charge in [-0.3, -0.25) is 0 Å². The van der Waals surface area contributed by atoms with E-state index in [1.165, 1.54) is 0 Å². The number of hydrogen-bond acceptors (Lipinski definition) is 7. The van der Waals surface area contributed by atoms with Gasteiger partial charge in [0.05, 0.1) is 25.9 Å². The summed E-state index contributed by atoms with van der Waals surface area (Å²) in [5.41, 5.74) is 4.13. The van der Waals surface area contributed by atoms with E-state index in [0.717, 1.165) is 39.4 Å². The Morgan fingerprint density at radius 3 is 2.39 bits per heavy atom. The molecule has 5 rings (SSSR count). The highest BCUT2D eigenvalue weighted by Crippen LogP contribution is 2.34. The molecule has 0 aliphatic rings. The van der Waals surface area contributed by atoms with Gasteiger partial charge in [-0.25, -0.2) is 4.79 Å². The van der Waals surface area contributed by atoms with Crippen LogP contribution < -0.4 is 9.47 Å². The van der Waals surface area contributed by atoms with Crippen molar-refractivity contribution in [1.29, 1.82) is 5.26 Å². The number of aliphatic carboxylic acids is 1. The van der Waals surface area contributed by atoms with Crippen LogP contribution in [0.4, 0.5) is 0 Å². The monoisotopic (exact) mass is 565 g/mol. The molecule has 2 heterocycles. The number of aromatic nitrogens is 4. The molecule has 0 aliphatic carbocycles. The van der Waals surface area contributed by atoms with Crippen molar-refractivity contribution >= 4 is 34.7 Å². The number of benzene rings is 3. The molecule has 3 aromatic carbocycles. The van der Waals surface area contributed by atoms with E-state index in [1.807, 2.05) is 66.2 Å². The number of nitrogens with zero attached hydrogens (tertiary/aromatic N) is 5. The van der Waals surface area contributed by atoms with Gasteiger partial charge in [-0.2, -0.15) is 5.26 Å². The first kappa shape index (κ1) is 27.6. The quantitative estimate of drug-likeness (QED) is 0.160. The second-order valence-corrected chi connectivity index (χ2v) is 10.1. The molecule has 0 spiro atoms. The van der Waals surface area contributed by atoms with E-state index in [4.69, 9.17) is 14.7 Å². The summed E-state index contributed by atoms with van der Waals surface area (Å²) in [5, 5.41) is 29.4. The zero-order valence-corrected chi connectivity index (χ0v) is 23.6. The molecule has 2 aromatic heterocycles. The molecule has 5 aromatic rings. The Balaban J connectivity index is 1.51. The van der Waals surface area contributed by atoms with Gasteiger partial charge in [0.15, 0.2) is 11.0 Å². The number of methoxy groups -OCH3 is 2. The Bertz CT molecular complexity index is 1780. The van der Waals surface area contributed by atoms with Crippen molar-refractivity contribution in [2.45, 2.75) is 25.2 Å². The molecule has 0 radical (unpaired) electrons. The number of rotatable bonds is 10. The van der Waals surface area contributed by atoms with Crippen LogP contribution in [0, 0.1) is 11.3 Å². The maximum absolute atomic E-state index is 12.4. The molecule has 0 aliphatic heterocycles. The highest BCUT2D eigenvalue weighted by atomic mass is 32.2. The third-order valence-electron chi connectivity index (χ3n) is 6.60. The molecule has 0 saturated carbocycles. The lowest BCUT2D eigenvalue weighted by Gasteiger charge is -2.10. The highest BCUT2D eigenvalue weighted by Gasteiger charge is 2.20. The summed E-state index contributed by atoms with van der Waals surface area (Å²) in [6, 6.07) is 22.9. The minimum atomic E-state index is -1.06. The zero-order chi connectivity index (χ0) is 28.9. The fourth-order valence-electron chi connectivity index (χ4n) is 4.58. The summed E-state index contributed by atoms with van der Waals surface area (Å²) in [7, 11) is 3.16. The van der Waals surface area contributed by atoms with Crippen LogP contribution in [-0.2, 0) is 17.9 Å². The van der Waals surface area contributed by atoms with Gasteiger partial charge in [0, 0.05) is 47.4 Å². The number of nitriles is 1. The van der Waals surface area contributed by atoms with Crippen molar-refractivity contribution < 1.29 is 19.4 Å². The van der Waals surface area contributed by atoms with Crippen LogP contribution in [0.5, 0.6) is 11.5 Å². The van der Waals surface area contributed by atoms with E-state index in [2.05, 4.69) is 20.8 Å². The standard InChI is InChI=1S/C31H27N5O4S/c1-4-36-29(22-13-24(39-2)16-25(14-22)40-3)33-34-31(36)41-28(30(37)38)15-23-19-35(27-8-6-5-7-26(23)27)18-21-11-9-20(17-32)10-12-21/h5-16,19H,4,18H2,1-3H3,(H,37,38)/b28-15-. The van der Waals surface area contributed by atoms with Gasteiger partial charge in [0.1, 0.15) is 16.4 Å². The molecule has 0 amide bonds. The average molecular weight is 566 g/mol. The summed E-state index contributed by atoms with van der Waals surface area (Å²) < 4.78 is 14.7. The molecule has 41 heavy (non-hydrogen) atoms. The van der Waals surface area contributed by atoms with E-state index >= 15 is 0 Å². The summed E-state index contributed by atoms with van der Waals surface area (Å²) in [6.45, 7) is 3.06. The van der Waals surface area contributed by atoms with Crippen LogP contribution >= 0.6 is 11.8 Å². The van der Waals surface area contributed by atoms with Crippen LogP contribution in [0.2, 0.25) is 0 Å². The largest absolute Gasteiger partial charge is 0.497 e. The molecule has 0 unspecified atom stereocenters. The highest BCUT2D eigenvalue weighted by molar-refractivity contribution is 8.04. The molecular formula is C31H27N5O4S. The molecule has 1 N–H and O–H groups in total. The van der Waals surface area contributed by atoms with Crippen molar-refractivity contribution in [3.63, 3.8) is 0 Å². The van der Waals surface area contributed by atoms with E-state index in [1.54, 1.807) is 38.5 Å². The molecule has 0 bridgehead atoms. The van der Waals surface area contributed by atoms with Crippen LogP contribution in [0.25, 0.3) is 28.4 Å². The van der Waals surface area contributed by atoms with Crippen LogP contribution in [0.15, 0.2) is 83.0 Å². The van der Waals surface area contributed by atoms with Gasteiger partial charge in [-0.1, -0.05) is 30.3 Å². The van der Waals surface area contributed by atoms with Crippen molar-refractivity contribution in [2.75, 3.05) is 14.2 Å². The first-order valence-corrected chi connectivity index (χ1v) is 13.6. The van der Waals surface area contributed by atoms with Gasteiger partial charge < -0.3 is 23.7 Å². The molecule has 9 nitrogen and oxygen atoms in total. The average Bonchev–Trinajstić information content (AvgIpc) is 3.57. The van der Waals surface area contributed by atoms with Crippen LogP contribution in [-0.4, -0.2) is 44.6 Å². The maximum atomic E-state index is 12.4. The molecule has 10 heteroatoms. The number of fused-ring (bicyclic) bond motifs is 1. The fraction of sp³-hybridized carbons (Fsp3) is 0.161. The molecule has 206 valence electrons. The van der Waals surface area contributed by atoms with Crippen molar-refractivity contribution in [2.24, 2.45) is 0 Å². The SMILES string of the molecule is CCn1c(S/C(=C\c2cn(Cc3ccc(C#N)cc3)c3ccccc23)C(=O)O)nnc1-c1cc(OC)cc(OC)c1. The normalized spacial score (nSPS) is 11.4. The molecular weight excluding hydrogens is 538 g/mol. The number of carboxylic acid groups (broad SMARTS) is 1. The minimum Gasteiger partial charge on any atom is -0.497 e. The van der Waals surface area contributed by atoms with Crippen molar-refractivity contribution in [1.82, 2.24) is 19.3 Å². The van der Waals surface area contributed by atoms with Gasteiger partial charge in [-0.05, 0) is 60.7 Å². The predicted molar refractivity (Wildman–Crippen MR) is 158 cm³/mol. The van der Waals surface area contributed by atoms with Gasteiger partial charge in [-0.15, -0.1) is 10.2 Å². The number of ether oxygens (including phenoxy) is 2. The fourth-order valence-corrected chi connectivity index (χ4v) is 5.45. The number of carbonyl (C=O) groups is 1. The van der Waals surface area contributed by atoms with E-state index in [0.29, 0.717) is 41.1 Å². The lowest BCUT2D eigenvalue weighted by atomic mass is 10.1. The number of carboxylic acids is 1. The summed E-state index contributed by atoms with van der Waals surface area (Å²) >= 11 is 1.05. The Morgan fingerprint density at radius 1 is 1.05 bits per heavy atom. The summed E-state index contributed by atoms with van der Waals surface area (Å²) in [5.74, 6) is 0.746. The molecule has 0 atom stereocenters. The first-order valence-electron chi connectivity index (χ1n) is 12.8. The smallest absolute Gasteiger partial charge is 0.342 e. The van der Waals surface area contributed by atoms with Gasteiger partial charge in [0.2, 0.25) is 0 Å². The van der Waals surface area contributed by atoms with Crippen LogP contribution in [0.1, 0.15) is 23.6 Å². The second-order valence-electron chi connectivity index (χ2n) is 9.11. The lowest BCUT2D eigenvalue weighted by Crippen LogP contribution is -2.03. The Morgan fingerprint density at radius 2 is 1.76 bits per heavy atom. The third-order valence-corrected chi connectivity index (χ3v) is 7.59. The van der Waals surface area contributed by atoms with E-state index < -0.39 is 5.97 Å². The molecule has 0 saturated heterocycles. The third kappa shape index (κ3) is 5.81. The predicted octanol–water partition coefficient (Wildman–Crippen LogP) is 6.07. The Kier molecular flexibility index (Phi) is 8.08. The first-order chi connectivity index (χ1) is 19.9. The van der Waals surface area contributed by atoms with E-state index in [-0.39, 0.29) is 4.91 Å². The number of para-hydroxylation sites is 1. The van der Waals surface area contributed by atoms with Gasteiger partial charge in [0.25, 0.3) is 0 Å². The second kappa shape index (κ2) is 12.0. The number of thioether (sulfide) groups is 1. The summed E-state index contributed by atoms with van der Waals surface area (Å²) in [4.78, 5) is 12.5.